The standard InChI is InChI=1S/C21H21N5O2/c1-28-19-8-3-2-5-14(19)16(9-22)21(27)26-18-7-4-6-15-17(12-23-20(15)18)13-10-24-25-11-13/h2-8,10-12,16,23H,9,22H2,1H3,(H,24,25)(H,26,27). The Labute approximate surface area is 161 Å². The van der Waals surface area contributed by atoms with E-state index in [0.717, 1.165) is 27.6 Å². The molecule has 142 valence electrons. The SMILES string of the molecule is COc1ccccc1C(CN)C(=O)Nc1cccc2c(-c3cn[nH]c3)c[nH]c12. The Morgan fingerprint density at radius 2 is 2.07 bits per heavy atom. The molecule has 1 amide bonds. The van der Waals surface area contributed by atoms with Crippen LogP contribution in [0.2, 0.25) is 0 Å². The highest BCUT2D eigenvalue weighted by Gasteiger charge is 2.23. The van der Waals surface area contributed by atoms with Crippen molar-refractivity contribution in [1.29, 1.82) is 0 Å². The van der Waals surface area contributed by atoms with Crippen molar-refractivity contribution >= 4 is 22.5 Å². The molecule has 4 aromatic rings. The third-order valence-electron chi connectivity index (χ3n) is 4.85. The summed E-state index contributed by atoms with van der Waals surface area (Å²) in [5.74, 6) is -0.0536. The zero-order valence-corrected chi connectivity index (χ0v) is 15.4. The summed E-state index contributed by atoms with van der Waals surface area (Å²) >= 11 is 0. The summed E-state index contributed by atoms with van der Waals surface area (Å²) < 4.78 is 5.39. The Balaban J connectivity index is 1.67. The number of para-hydroxylation sites is 2. The Morgan fingerprint density at radius 3 is 2.82 bits per heavy atom. The second kappa shape index (κ2) is 7.58. The number of methoxy groups -OCH3 is 1. The number of amides is 1. The Morgan fingerprint density at radius 1 is 1.21 bits per heavy atom. The Hall–Kier alpha value is -3.58. The van der Waals surface area contributed by atoms with Crippen LogP contribution in [0.15, 0.2) is 61.1 Å². The monoisotopic (exact) mass is 375 g/mol. The van der Waals surface area contributed by atoms with E-state index in [1.807, 2.05) is 54.9 Å². The van der Waals surface area contributed by atoms with E-state index in [0.29, 0.717) is 11.4 Å². The topological polar surface area (TPSA) is 109 Å². The molecule has 0 saturated carbocycles. The minimum absolute atomic E-state index is 0.174. The van der Waals surface area contributed by atoms with Gasteiger partial charge in [0.2, 0.25) is 5.91 Å². The number of rotatable bonds is 6. The van der Waals surface area contributed by atoms with Crippen molar-refractivity contribution in [2.24, 2.45) is 5.73 Å². The number of nitrogens with zero attached hydrogens (tertiary/aromatic N) is 1. The van der Waals surface area contributed by atoms with Crippen LogP contribution in [0.1, 0.15) is 11.5 Å². The maximum absolute atomic E-state index is 13.0. The van der Waals surface area contributed by atoms with Crippen molar-refractivity contribution < 1.29 is 9.53 Å². The maximum Gasteiger partial charge on any atom is 0.233 e. The lowest BCUT2D eigenvalue weighted by molar-refractivity contribution is -0.117. The number of aromatic nitrogens is 3. The lowest BCUT2D eigenvalue weighted by atomic mass is 9.97. The van der Waals surface area contributed by atoms with Crippen LogP contribution in [-0.4, -0.2) is 34.7 Å². The molecule has 5 N–H and O–H groups in total. The number of hydrogen-bond acceptors (Lipinski definition) is 4. The molecule has 1 unspecified atom stereocenters. The molecular formula is C21H21N5O2. The van der Waals surface area contributed by atoms with Crippen molar-refractivity contribution in [3.8, 4) is 16.9 Å². The van der Waals surface area contributed by atoms with Crippen molar-refractivity contribution in [1.82, 2.24) is 15.2 Å². The second-order valence-electron chi connectivity index (χ2n) is 6.44. The highest BCUT2D eigenvalue weighted by molar-refractivity contribution is 6.07. The number of anilines is 1. The molecule has 0 aliphatic heterocycles. The van der Waals surface area contributed by atoms with Gasteiger partial charge in [-0.25, -0.2) is 0 Å². The number of hydrogen-bond donors (Lipinski definition) is 4. The van der Waals surface area contributed by atoms with Crippen LogP contribution in [0.5, 0.6) is 5.75 Å². The predicted molar refractivity (Wildman–Crippen MR) is 109 cm³/mol. The van der Waals surface area contributed by atoms with Gasteiger partial charge in [0.05, 0.1) is 30.4 Å². The second-order valence-corrected chi connectivity index (χ2v) is 6.44. The average molecular weight is 375 g/mol. The number of aromatic amines is 2. The summed E-state index contributed by atoms with van der Waals surface area (Å²) in [5.41, 5.74) is 10.2. The number of carbonyl (C=O) groups excluding carboxylic acids is 1. The van der Waals surface area contributed by atoms with Crippen LogP contribution in [0.4, 0.5) is 5.69 Å². The van der Waals surface area contributed by atoms with Crippen LogP contribution in [0, 0.1) is 0 Å². The molecule has 28 heavy (non-hydrogen) atoms. The zero-order valence-electron chi connectivity index (χ0n) is 15.4. The van der Waals surface area contributed by atoms with Crippen LogP contribution in [0.3, 0.4) is 0 Å². The number of nitrogens with two attached hydrogens (primary N) is 1. The molecular weight excluding hydrogens is 354 g/mol. The molecule has 0 aliphatic carbocycles. The lowest BCUT2D eigenvalue weighted by Gasteiger charge is -2.18. The smallest absolute Gasteiger partial charge is 0.233 e. The largest absolute Gasteiger partial charge is 0.496 e. The molecule has 0 saturated heterocycles. The quantitative estimate of drug-likeness (QED) is 0.415. The van der Waals surface area contributed by atoms with Crippen molar-refractivity contribution in [3.05, 3.63) is 66.6 Å². The summed E-state index contributed by atoms with van der Waals surface area (Å²) in [6.45, 7) is 0.174. The summed E-state index contributed by atoms with van der Waals surface area (Å²) in [6, 6.07) is 13.2. The molecule has 0 fully saturated rings. The van der Waals surface area contributed by atoms with Gasteiger partial charge in [-0.3, -0.25) is 9.89 Å². The van der Waals surface area contributed by atoms with Gasteiger partial charge in [-0.1, -0.05) is 30.3 Å². The van der Waals surface area contributed by atoms with Gasteiger partial charge in [-0.15, -0.1) is 0 Å². The van der Waals surface area contributed by atoms with Crippen molar-refractivity contribution in [2.75, 3.05) is 19.0 Å². The van der Waals surface area contributed by atoms with Gasteiger partial charge in [0.15, 0.2) is 0 Å². The molecule has 7 nitrogen and oxygen atoms in total. The van der Waals surface area contributed by atoms with Crippen LogP contribution in [0.25, 0.3) is 22.0 Å². The number of nitrogens with one attached hydrogen (secondary N) is 3. The van der Waals surface area contributed by atoms with E-state index in [-0.39, 0.29) is 12.5 Å². The van der Waals surface area contributed by atoms with Crippen LogP contribution in [-0.2, 0) is 4.79 Å². The number of ether oxygens (including phenoxy) is 1. The Bertz CT molecular complexity index is 1100. The molecule has 0 radical (unpaired) electrons. The summed E-state index contributed by atoms with van der Waals surface area (Å²) in [7, 11) is 1.58. The molecule has 2 aromatic heterocycles. The molecule has 2 heterocycles. The van der Waals surface area contributed by atoms with Crippen molar-refractivity contribution in [3.63, 3.8) is 0 Å². The van der Waals surface area contributed by atoms with Gasteiger partial charge < -0.3 is 20.8 Å². The molecule has 4 rings (SSSR count). The van der Waals surface area contributed by atoms with Crippen LogP contribution < -0.4 is 15.8 Å². The van der Waals surface area contributed by atoms with Gasteiger partial charge >= 0.3 is 0 Å². The highest BCUT2D eigenvalue weighted by Crippen LogP contribution is 2.33. The normalized spacial score (nSPS) is 12.1. The van der Waals surface area contributed by atoms with E-state index < -0.39 is 5.92 Å². The first-order valence-electron chi connectivity index (χ1n) is 8.96. The first kappa shape index (κ1) is 17.8. The van der Waals surface area contributed by atoms with Crippen LogP contribution >= 0.6 is 0 Å². The van der Waals surface area contributed by atoms with Crippen molar-refractivity contribution in [2.45, 2.75) is 5.92 Å². The van der Waals surface area contributed by atoms with E-state index in [4.69, 9.17) is 10.5 Å². The zero-order chi connectivity index (χ0) is 19.5. The number of carbonyl (C=O) groups is 1. The fourth-order valence-corrected chi connectivity index (χ4v) is 3.44. The average Bonchev–Trinajstić information content (AvgIpc) is 3.39. The van der Waals surface area contributed by atoms with E-state index in [2.05, 4.69) is 20.5 Å². The van der Waals surface area contributed by atoms with Gasteiger partial charge in [-0.05, 0) is 12.1 Å². The predicted octanol–water partition coefficient (Wildman–Crippen LogP) is 3.25. The first-order chi connectivity index (χ1) is 13.7. The van der Waals surface area contributed by atoms with Gasteiger partial charge in [0.25, 0.3) is 0 Å². The summed E-state index contributed by atoms with van der Waals surface area (Å²) in [4.78, 5) is 16.3. The van der Waals surface area contributed by atoms with Gasteiger partial charge in [0.1, 0.15) is 5.75 Å². The minimum Gasteiger partial charge on any atom is -0.496 e. The highest BCUT2D eigenvalue weighted by atomic mass is 16.5. The van der Waals surface area contributed by atoms with Gasteiger partial charge in [0, 0.05) is 41.0 Å². The molecule has 0 bridgehead atoms. The molecule has 1 atom stereocenters. The third kappa shape index (κ3) is 3.12. The minimum atomic E-state index is -0.519. The first-order valence-corrected chi connectivity index (χ1v) is 8.96. The molecule has 7 heteroatoms. The van der Waals surface area contributed by atoms with E-state index in [9.17, 15) is 4.79 Å². The third-order valence-corrected chi connectivity index (χ3v) is 4.85. The molecule has 0 aliphatic rings. The van der Waals surface area contributed by atoms with Gasteiger partial charge in [-0.2, -0.15) is 5.10 Å². The van der Waals surface area contributed by atoms with E-state index >= 15 is 0 Å². The Kier molecular flexibility index (Phi) is 4.82. The number of fused-ring (bicyclic) bond motifs is 1. The van der Waals surface area contributed by atoms with E-state index in [1.165, 1.54) is 0 Å². The maximum atomic E-state index is 13.0. The lowest BCUT2D eigenvalue weighted by Crippen LogP contribution is -2.27. The number of H-pyrrole nitrogens is 2. The summed E-state index contributed by atoms with van der Waals surface area (Å²) in [5, 5.41) is 10.8. The van der Waals surface area contributed by atoms with E-state index in [1.54, 1.807) is 13.3 Å². The number of benzene rings is 2. The fourth-order valence-electron chi connectivity index (χ4n) is 3.44. The molecule has 0 spiro atoms. The fraction of sp³-hybridized carbons (Fsp3) is 0.143. The summed E-state index contributed by atoms with van der Waals surface area (Å²) in [6.07, 6.45) is 5.51. The molecule has 2 aromatic carbocycles.